The quantitative estimate of drug-likeness (QED) is 0.814. The molecule has 5 nitrogen and oxygen atoms in total. The molecule has 1 amide bonds. The molecule has 2 aromatic rings. The molecule has 24 heavy (non-hydrogen) atoms. The average molecular weight is 348 g/mol. The van der Waals surface area contributed by atoms with Gasteiger partial charge in [0, 0.05) is 12.1 Å². The Labute approximate surface area is 144 Å². The summed E-state index contributed by atoms with van der Waals surface area (Å²) >= 11 is 5.09. The van der Waals surface area contributed by atoms with E-state index < -0.39 is 11.7 Å². The number of halogens is 1. The molecule has 0 aliphatic carbocycles. The lowest BCUT2D eigenvalue weighted by atomic mass is 10.2. The highest BCUT2D eigenvalue weighted by Gasteiger charge is 2.09. The summed E-state index contributed by atoms with van der Waals surface area (Å²) in [4.78, 5) is 12.0. The molecule has 0 unspecified atom stereocenters. The molecule has 0 heterocycles. The fourth-order valence-electron chi connectivity index (χ4n) is 1.99. The van der Waals surface area contributed by atoms with Crippen molar-refractivity contribution in [1.29, 1.82) is 0 Å². The summed E-state index contributed by atoms with van der Waals surface area (Å²) in [5.74, 6) is 0.437. The Bertz CT molecular complexity index is 735. The van der Waals surface area contributed by atoms with Gasteiger partial charge in [0.15, 0.2) is 16.6 Å². The molecule has 0 fully saturated rings. The molecule has 0 bridgehead atoms. The number of carbonyl (C=O) groups excluding carboxylic acids is 1. The van der Waals surface area contributed by atoms with Gasteiger partial charge in [-0.15, -0.1) is 0 Å². The first-order valence-electron chi connectivity index (χ1n) is 7.09. The third-order valence-electron chi connectivity index (χ3n) is 3.23. The van der Waals surface area contributed by atoms with Gasteiger partial charge in [0.1, 0.15) is 5.82 Å². The van der Waals surface area contributed by atoms with Crippen molar-refractivity contribution in [3.05, 3.63) is 59.4 Å². The van der Waals surface area contributed by atoms with Crippen LogP contribution in [0.5, 0.6) is 11.5 Å². The highest BCUT2D eigenvalue weighted by molar-refractivity contribution is 7.80. The van der Waals surface area contributed by atoms with Gasteiger partial charge in [-0.05, 0) is 54.2 Å². The zero-order valence-corrected chi connectivity index (χ0v) is 14.1. The first-order valence-corrected chi connectivity index (χ1v) is 7.50. The van der Waals surface area contributed by atoms with Crippen LogP contribution in [0.1, 0.15) is 15.9 Å². The second-order valence-electron chi connectivity index (χ2n) is 4.83. The predicted octanol–water partition coefficient (Wildman–Crippen LogP) is 2.65. The molecule has 126 valence electrons. The van der Waals surface area contributed by atoms with Crippen molar-refractivity contribution >= 4 is 23.2 Å². The Morgan fingerprint density at radius 2 is 1.75 bits per heavy atom. The number of hydrogen-bond acceptors (Lipinski definition) is 4. The highest BCUT2D eigenvalue weighted by Crippen LogP contribution is 2.27. The molecular weight excluding hydrogens is 331 g/mol. The number of thiocarbonyl (C=S) groups is 1. The summed E-state index contributed by atoms with van der Waals surface area (Å²) in [6.45, 7) is 0.406. The van der Waals surface area contributed by atoms with Crippen LogP contribution in [0.15, 0.2) is 42.5 Å². The number of methoxy groups -OCH3 is 2. The molecule has 0 aliphatic heterocycles. The lowest BCUT2D eigenvalue weighted by Crippen LogP contribution is -2.38. The third-order valence-corrected chi connectivity index (χ3v) is 3.48. The molecule has 0 saturated heterocycles. The monoisotopic (exact) mass is 348 g/mol. The van der Waals surface area contributed by atoms with Crippen LogP contribution in [-0.4, -0.2) is 25.2 Å². The smallest absolute Gasteiger partial charge is 0.257 e. The summed E-state index contributed by atoms with van der Waals surface area (Å²) in [6, 6.07) is 10.7. The van der Waals surface area contributed by atoms with Crippen molar-refractivity contribution in [3.8, 4) is 11.5 Å². The van der Waals surface area contributed by atoms with E-state index in [2.05, 4.69) is 10.6 Å². The second kappa shape index (κ2) is 8.26. The second-order valence-corrected chi connectivity index (χ2v) is 5.24. The maximum Gasteiger partial charge on any atom is 0.257 e. The first-order chi connectivity index (χ1) is 11.5. The van der Waals surface area contributed by atoms with Crippen molar-refractivity contribution in [2.24, 2.45) is 0 Å². The van der Waals surface area contributed by atoms with Crippen LogP contribution in [0.3, 0.4) is 0 Å². The molecule has 0 aliphatic rings. The Hall–Kier alpha value is -2.67. The van der Waals surface area contributed by atoms with Crippen LogP contribution in [0.25, 0.3) is 0 Å². The Balaban J connectivity index is 1.91. The van der Waals surface area contributed by atoms with Crippen LogP contribution < -0.4 is 20.1 Å². The summed E-state index contributed by atoms with van der Waals surface area (Å²) < 4.78 is 23.2. The minimum Gasteiger partial charge on any atom is -0.493 e. The van der Waals surface area contributed by atoms with E-state index in [1.165, 1.54) is 24.3 Å². The van der Waals surface area contributed by atoms with Gasteiger partial charge in [-0.25, -0.2) is 4.39 Å². The lowest BCUT2D eigenvalue weighted by Gasteiger charge is -2.12. The Morgan fingerprint density at radius 1 is 1.08 bits per heavy atom. The van der Waals surface area contributed by atoms with Crippen molar-refractivity contribution in [2.75, 3.05) is 14.2 Å². The molecule has 7 heteroatoms. The molecule has 0 radical (unpaired) electrons. The van der Waals surface area contributed by atoms with Gasteiger partial charge < -0.3 is 14.8 Å². The maximum atomic E-state index is 12.8. The van der Waals surface area contributed by atoms with Crippen molar-refractivity contribution < 1.29 is 18.7 Å². The molecule has 2 N–H and O–H groups in total. The zero-order chi connectivity index (χ0) is 17.5. The van der Waals surface area contributed by atoms with Gasteiger partial charge in [0.05, 0.1) is 14.2 Å². The number of rotatable bonds is 5. The standard InChI is InChI=1S/C17H17FN2O3S/c1-22-14-8-3-11(9-15(14)23-2)10-19-17(24)20-16(21)12-4-6-13(18)7-5-12/h3-9H,10H2,1-2H3,(H2,19,20,21,24). The molecule has 0 atom stereocenters. The van der Waals surface area contributed by atoms with E-state index in [1.807, 2.05) is 12.1 Å². The van der Waals surface area contributed by atoms with E-state index in [-0.39, 0.29) is 5.11 Å². The molecule has 0 spiro atoms. The summed E-state index contributed by atoms with van der Waals surface area (Å²) in [5.41, 5.74) is 1.23. The Morgan fingerprint density at radius 3 is 2.38 bits per heavy atom. The number of nitrogens with one attached hydrogen (secondary N) is 2. The van der Waals surface area contributed by atoms with Crippen molar-refractivity contribution in [2.45, 2.75) is 6.54 Å². The zero-order valence-electron chi connectivity index (χ0n) is 13.3. The number of amides is 1. The van der Waals surface area contributed by atoms with Gasteiger partial charge in [-0.2, -0.15) is 0 Å². The van der Waals surface area contributed by atoms with Crippen LogP contribution in [0.2, 0.25) is 0 Å². The normalized spacial score (nSPS) is 9.96. The molecule has 2 aromatic carbocycles. The van der Waals surface area contributed by atoms with Crippen molar-refractivity contribution in [3.63, 3.8) is 0 Å². The van der Waals surface area contributed by atoms with Crippen molar-refractivity contribution in [1.82, 2.24) is 10.6 Å². The van der Waals surface area contributed by atoms with E-state index in [0.29, 0.717) is 23.6 Å². The highest BCUT2D eigenvalue weighted by atomic mass is 32.1. The fraction of sp³-hybridized carbons (Fsp3) is 0.176. The number of benzene rings is 2. The van der Waals surface area contributed by atoms with Crippen LogP contribution in [0, 0.1) is 5.82 Å². The van der Waals surface area contributed by atoms with Crippen LogP contribution >= 0.6 is 12.2 Å². The van der Waals surface area contributed by atoms with Gasteiger partial charge in [0.2, 0.25) is 0 Å². The fourth-order valence-corrected chi connectivity index (χ4v) is 2.16. The van der Waals surface area contributed by atoms with E-state index in [0.717, 1.165) is 5.56 Å². The van der Waals surface area contributed by atoms with E-state index in [1.54, 1.807) is 20.3 Å². The molecular formula is C17H17FN2O3S. The van der Waals surface area contributed by atoms with Gasteiger partial charge in [-0.3, -0.25) is 10.1 Å². The molecule has 0 saturated carbocycles. The van der Waals surface area contributed by atoms with Gasteiger partial charge in [-0.1, -0.05) is 6.07 Å². The minimum atomic E-state index is -0.403. The van der Waals surface area contributed by atoms with Crippen LogP contribution in [0.4, 0.5) is 4.39 Å². The Kier molecular flexibility index (Phi) is 6.08. The van der Waals surface area contributed by atoms with E-state index in [4.69, 9.17) is 21.7 Å². The largest absolute Gasteiger partial charge is 0.493 e. The predicted molar refractivity (Wildman–Crippen MR) is 92.8 cm³/mol. The minimum absolute atomic E-state index is 0.180. The average Bonchev–Trinajstić information content (AvgIpc) is 2.60. The number of ether oxygens (including phenoxy) is 2. The summed E-state index contributed by atoms with van der Waals surface area (Å²) in [5, 5.41) is 5.65. The van der Waals surface area contributed by atoms with Gasteiger partial charge in [0.25, 0.3) is 5.91 Å². The number of carbonyl (C=O) groups is 1. The third kappa shape index (κ3) is 4.66. The van der Waals surface area contributed by atoms with Gasteiger partial charge >= 0.3 is 0 Å². The summed E-state index contributed by atoms with van der Waals surface area (Å²) in [7, 11) is 3.12. The summed E-state index contributed by atoms with van der Waals surface area (Å²) in [6.07, 6.45) is 0. The number of hydrogen-bond donors (Lipinski definition) is 2. The van der Waals surface area contributed by atoms with E-state index in [9.17, 15) is 9.18 Å². The SMILES string of the molecule is COc1ccc(CNC(=S)NC(=O)c2ccc(F)cc2)cc1OC. The topological polar surface area (TPSA) is 59.6 Å². The molecule has 0 aromatic heterocycles. The maximum absolute atomic E-state index is 12.8. The lowest BCUT2D eigenvalue weighted by molar-refractivity contribution is 0.0976. The molecule has 2 rings (SSSR count). The first kappa shape index (κ1) is 17.7. The van der Waals surface area contributed by atoms with Crippen LogP contribution in [-0.2, 0) is 6.54 Å². The van der Waals surface area contributed by atoms with E-state index >= 15 is 0 Å².